The van der Waals surface area contributed by atoms with Crippen LogP contribution in [0.15, 0.2) is 14.3 Å². The van der Waals surface area contributed by atoms with Crippen molar-refractivity contribution in [3.63, 3.8) is 0 Å². The SMILES string of the molecule is NNC(CC1CCCC1)c1cc(Br)c(Br)s1. The van der Waals surface area contributed by atoms with Gasteiger partial charge in [0.15, 0.2) is 0 Å². The Morgan fingerprint density at radius 1 is 1.44 bits per heavy atom. The molecular formula is C11H16Br2N2S. The molecule has 90 valence electrons. The van der Waals surface area contributed by atoms with E-state index in [0.29, 0.717) is 6.04 Å². The Kier molecular flexibility index (Phi) is 4.85. The van der Waals surface area contributed by atoms with E-state index in [-0.39, 0.29) is 0 Å². The van der Waals surface area contributed by atoms with Gasteiger partial charge in [-0.3, -0.25) is 11.3 Å². The Morgan fingerprint density at radius 2 is 2.12 bits per heavy atom. The Labute approximate surface area is 117 Å². The number of hydrazine groups is 1. The Balaban J connectivity index is 2.03. The highest BCUT2D eigenvalue weighted by Crippen LogP contribution is 2.39. The molecule has 0 saturated heterocycles. The van der Waals surface area contributed by atoms with Crippen molar-refractivity contribution < 1.29 is 0 Å². The van der Waals surface area contributed by atoms with E-state index in [0.717, 1.165) is 20.6 Å². The zero-order valence-corrected chi connectivity index (χ0v) is 13.0. The van der Waals surface area contributed by atoms with Crippen molar-refractivity contribution in [2.75, 3.05) is 0 Å². The van der Waals surface area contributed by atoms with E-state index < -0.39 is 0 Å². The first-order valence-electron chi connectivity index (χ1n) is 5.61. The molecule has 0 amide bonds. The van der Waals surface area contributed by atoms with Crippen LogP contribution in [0.5, 0.6) is 0 Å². The van der Waals surface area contributed by atoms with Gasteiger partial charge in [0.2, 0.25) is 0 Å². The summed E-state index contributed by atoms with van der Waals surface area (Å²) in [4.78, 5) is 1.31. The lowest BCUT2D eigenvalue weighted by Gasteiger charge is -2.18. The molecule has 1 aliphatic rings. The standard InChI is InChI=1S/C11H16Br2N2S/c12-8-6-10(16-11(8)13)9(15-14)5-7-3-1-2-4-7/h6-7,9,15H,1-5,14H2. The summed E-state index contributed by atoms with van der Waals surface area (Å²) in [7, 11) is 0. The van der Waals surface area contributed by atoms with Gasteiger partial charge < -0.3 is 0 Å². The van der Waals surface area contributed by atoms with E-state index in [9.17, 15) is 0 Å². The number of hydrogen-bond donors (Lipinski definition) is 2. The summed E-state index contributed by atoms with van der Waals surface area (Å²) in [5.41, 5.74) is 2.95. The molecule has 0 spiro atoms. The maximum Gasteiger partial charge on any atom is 0.0843 e. The van der Waals surface area contributed by atoms with Gasteiger partial charge in [-0.1, -0.05) is 25.7 Å². The highest BCUT2D eigenvalue weighted by Gasteiger charge is 2.22. The first-order valence-corrected chi connectivity index (χ1v) is 8.02. The molecule has 1 fully saturated rings. The summed E-state index contributed by atoms with van der Waals surface area (Å²) >= 11 is 8.81. The average molecular weight is 368 g/mol. The van der Waals surface area contributed by atoms with E-state index in [1.54, 1.807) is 11.3 Å². The molecule has 1 aliphatic carbocycles. The molecule has 1 heterocycles. The van der Waals surface area contributed by atoms with Crippen LogP contribution >= 0.6 is 43.2 Å². The summed E-state index contributed by atoms with van der Waals surface area (Å²) in [6.07, 6.45) is 6.67. The molecule has 0 aromatic carbocycles. The number of halogens is 2. The van der Waals surface area contributed by atoms with Gasteiger partial charge in [-0.2, -0.15) is 0 Å². The van der Waals surface area contributed by atoms with E-state index in [1.165, 1.54) is 30.6 Å². The van der Waals surface area contributed by atoms with Crippen molar-refractivity contribution in [1.29, 1.82) is 0 Å². The van der Waals surface area contributed by atoms with Crippen LogP contribution in [0.1, 0.15) is 43.0 Å². The first kappa shape index (κ1) is 13.0. The molecule has 1 saturated carbocycles. The molecule has 2 nitrogen and oxygen atoms in total. The maximum atomic E-state index is 5.67. The number of hydrogen-bond acceptors (Lipinski definition) is 3. The molecule has 16 heavy (non-hydrogen) atoms. The van der Waals surface area contributed by atoms with Gasteiger partial charge in [0.05, 0.1) is 9.83 Å². The number of nitrogens with two attached hydrogens (primary N) is 1. The van der Waals surface area contributed by atoms with E-state index in [4.69, 9.17) is 5.84 Å². The lowest BCUT2D eigenvalue weighted by Crippen LogP contribution is -2.28. The third-order valence-electron chi connectivity index (χ3n) is 3.25. The van der Waals surface area contributed by atoms with Crippen LogP contribution in [0.2, 0.25) is 0 Å². The van der Waals surface area contributed by atoms with E-state index in [1.807, 2.05) is 0 Å². The van der Waals surface area contributed by atoms with Crippen molar-refractivity contribution in [1.82, 2.24) is 5.43 Å². The lowest BCUT2D eigenvalue weighted by molar-refractivity contribution is 0.404. The fourth-order valence-corrected chi connectivity index (χ4v) is 4.54. The second kappa shape index (κ2) is 5.96. The van der Waals surface area contributed by atoms with Crippen LogP contribution in [-0.4, -0.2) is 0 Å². The second-order valence-electron chi connectivity index (χ2n) is 4.38. The van der Waals surface area contributed by atoms with Crippen LogP contribution in [0.3, 0.4) is 0 Å². The topological polar surface area (TPSA) is 38.0 Å². The molecule has 1 aromatic rings. The van der Waals surface area contributed by atoms with Gasteiger partial charge in [0.25, 0.3) is 0 Å². The second-order valence-corrected chi connectivity index (χ2v) is 7.63. The summed E-state index contributed by atoms with van der Waals surface area (Å²) in [6, 6.07) is 2.46. The first-order chi connectivity index (χ1) is 7.70. The third-order valence-corrected chi connectivity index (χ3v) is 6.62. The van der Waals surface area contributed by atoms with Gasteiger partial charge in [-0.15, -0.1) is 11.3 Å². The zero-order chi connectivity index (χ0) is 11.5. The minimum atomic E-state index is 0.302. The van der Waals surface area contributed by atoms with Crippen molar-refractivity contribution in [3.8, 4) is 0 Å². The van der Waals surface area contributed by atoms with Crippen LogP contribution in [0.4, 0.5) is 0 Å². The number of thiophene rings is 1. The predicted octanol–water partition coefficient (Wildman–Crippen LogP) is 4.36. The Morgan fingerprint density at radius 3 is 2.62 bits per heavy atom. The smallest absolute Gasteiger partial charge is 0.0843 e. The maximum absolute atomic E-state index is 5.67. The summed E-state index contributed by atoms with van der Waals surface area (Å²) in [6.45, 7) is 0. The highest BCUT2D eigenvalue weighted by molar-refractivity contribution is 9.13. The highest BCUT2D eigenvalue weighted by atomic mass is 79.9. The van der Waals surface area contributed by atoms with Crippen molar-refractivity contribution in [2.24, 2.45) is 11.8 Å². The fourth-order valence-electron chi connectivity index (χ4n) is 2.38. The molecule has 3 N–H and O–H groups in total. The largest absolute Gasteiger partial charge is 0.271 e. The van der Waals surface area contributed by atoms with Gasteiger partial charge in [0, 0.05) is 9.35 Å². The zero-order valence-electron chi connectivity index (χ0n) is 9.01. The predicted molar refractivity (Wildman–Crippen MR) is 76.4 cm³/mol. The average Bonchev–Trinajstić information content (AvgIpc) is 2.86. The molecule has 1 unspecified atom stereocenters. The van der Waals surface area contributed by atoms with Crippen molar-refractivity contribution in [2.45, 2.75) is 38.1 Å². The van der Waals surface area contributed by atoms with Crippen LogP contribution in [-0.2, 0) is 0 Å². The van der Waals surface area contributed by atoms with Gasteiger partial charge in [-0.25, -0.2) is 0 Å². The minimum absolute atomic E-state index is 0.302. The normalized spacial score (nSPS) is 19.2. The molecule has 1 atom stereocenters. The van der Waals surface area contributed by atoms with E-state index in [2.05, 4.69) is 43.4 Å². The summed E-state index contributed by atoms with van der Waals surface area (Å²) < 4.78 is 2.27. The lowest BCUT2D eigenvalue weighted by atomic mass is 9.98. The quantitative estimate of drug-likeness (QED) is 0.612. The van der Waals surface area contributed by atoms with Crippen molar-refractivity contribution in [3.05, 3.63) is 19.2 Å². The van der Waals surface area contributed by atoms with Crippen molar-refractivity contribution >= 4 is 43.2 Å². The summed E-state index contributed by atoms with van der Waals surface area (Å²) in [5.74, 6) is 6.52. The van der Waals surface area contributed by atoms with Crippen LogP contribution in [0, 0.1) is 5.92 Å². The molecule has 0 radical (unpaired) electrons. The van der Waals surface area contributed by atoms with Crippen LogP contribution < -0.4 is 11.3 Å². The van der Waals surface area contributed by atoms with Gasteiger partial charge in [0.1, 0.15) is 0 Å². The monoisotopic (exact) mass is 366 g/mol. The Bertz CT molecular complexity index is 328. The van der Waals surface area contributed by atoms with Crippen LogP contribution in [0.25, 0.3) is 0 Å². The van der Waals surface area contributed by atoms with Gasteiger partial charge >= 0.3 is 0 Å². The molecule has 2 rings (SSSR count). The minimum Gasteiger partial charge on any atom is -0.271 e. The fraction of sp³-hybridized carbons (Fsp3) is 0.636. The molecule has 1 aromatic heterocycles. The third kappa shape index (κ3) is 3.07. The summed E-state index contributed by atoms with van der Waals surface area (Å²) in [5, 5.41) is 0. The van der Waals surface area contributed by atoms with E-state index >= 15 is 0 Å². The Hall–Kier alpha value is 0.580. The molecular weight excluding hydrogens is 352 g/mol. The molecule has 0 bridgehead atoms. The molecule has 5 heteroatoms. The molecule has 0 aliphatic heterocycles. The van der Waals surface area contributed by atoms with Gasteiger partial charge in [-0.05, 0) is 50.3 Å². The number of rotatable bonds is 4. The number of nitrogens with one attached hydrogen (secondary N) is 1.